The standard InChI is InChI=1S/C13H16N4OS/c1-3-6-9(2)11(18)15-13-17-16-12(19-13)10-7-4-5-8-14-10/h4-5,7-9H,3,6H2,1-2H3,(H,15,17,18)/t9-/m0/s1. The minimum Gasteiger partial charge on any atom is -0.300 e. The second-order valence-corrected chi connectivity index (χ2v) is 5.28. The van der Waals surface area contributed by atoms with Crippen molar-refractivity contribution in [3.05, 3.63) is 24.4 Å². The fourth-order valence-electron chi connectivity index (χ4n) is 1.66. The van der Waals surface area contributed by atoms with Crippen LogP contribution in [0.25, 0.3) is 10.7 Å². The molecule has 0 fully saturated rings. The molecule has 0 saturated heterocycles. The molecule has 0 aliphatic carbocycles. The largest absolute Gasteiger partial charge is 0.300 e. The van der Waals surface area contributed by atoms with E-state index in [1.165, 1.54) is 11.3 Å². The predicted octanol–water partition coefficient (Wildman–Crippen LogP) is 2.97. The molecular weight excluding hydrogens is 260 g/mol. The van der Waals surface area contributed by atoms with E-state index in [-0.39, 0.29) is 11.8 Å². The Balaban J connectivity index is 2.04. The molecule has 0 radical (unpaired) electrons. The highest BCUT2D eigenvalue weighted by Gasteiger charge is 2.15. The van der Waals surface area contributed by atoms with Crippen molar-refractivity contribution in [2.24, 2.45) is 5.92 Å². The number of rotatable bonds is 5. The Bertz CT molecular complexity index is 541. The lowest BCUT2D eigenvalue weighted by Gasteiger charge is -2.07. The van der Waals surface area contributed by atoms with Crippen LogP contribution in [0.15, 0.2) is 24.4 Å². The van der Waals surface area contributed by atoms with Crippen LogP contribution in [-0.4, -0.2) is 21.1 Å². The Labute approximate surface area is 116 Å². The van der Waals surface area contributed by atoms with Gasteiger partial charge in [0.1, 0.15) is 5.69 Å². The van der Waals surface area contributed by atoms with E-state index in [1.807, 2.05) is 25.1 Å². The van der Waals surface area contributed by atoms with E-state index in [2.05, 4.69) is 27.4 Å². The quantitative estimate of drug-likeness (QED) is 0.911. The van der Waals surface area contributed by atoms with Crippen LogP contribution in [0.4, 0.5) is 5.13 Å². The van der Waals surface area contributed by atoms with E-state index in [9.17, 15) is 4.79 Å². The fourth-order valence-corrected chi connectivity index (χ4v) is 2.38. The lowest BCUT2D eigenvalue weighted by Crippen LogP contribution is -2.20. The SMILES string of the molecule is CCC[C@H](C)C(=O)Nc1nnc(-c2ccccn2)s1. The summed E-state index contributed by atoms with van der Waals surface area (Å²) in [4.78, 5) is 16.1. The van der Waals surface area contributed by atoms with Gasteiger partial charge in [-0.05, 0) is 18.6 Å². The highest BCUT2D eigenvalue weighted by molar-refractivity contribution is 7.18. The normalized spacial score (nSPS) is 12.1. The molecule has 0 aliphatic heterocycles. The maximum absolute atomic E-state index is 11.9. The van der Waals surface area contributed by atoms with E-state index < -0.39 is 0 Å². The van der Waals surface area contributed by atoms with Gasteiger partial charge in [0.15, 0.2) is 5.01 Å². The van der Waals surface area contributed by atoms with Gasteiger partial charge in [-0.3, -0.25) is 9.78 Å². The zero-order valence-corrected chi connectivity index (χ0v) is 11.8. The van der Waals surface area contributed by atoms with Gasteiger partial charge in [0.05, 0.1) is 0 Å². The molecule has 0 aromatic carbocycles. The third-order valence-corrected chi connectivity index (χ3v) is 3.57. The second-order valence-electron chi connectivity index (χ2n) is 4.31. The van der Waals surface area contributed by atoms with E-state index in [4.69, 9.17) is 0 Å². The number of nitrogens with zero attached hydrogens (tertiary/aromatic N) is 3. The summed E-state index contributed by atoms with van der Waals surface area (Å²) in [5.41, 5.74) is 0.766. The summed E-state index contributed by atoms with van der Waals surface area (Å²) in [5, 5.41) is 12.0. The molecule has 1 atom stereocenters. The summed E-state index contributed by atoms with van der Waals surface area (Å²) < 4.78 is 0. The first-order chi connectivity index (χ1) is 9.20. The third kappa shape index (κ3) is 3.57. The van der Waals surface area contributed by atoms with Crippen LogP contribution >= 0.6 is 11.3 Å². The topological polar surface area (TPSA) is 67.8 Å². The molecule has 2 heterocycles. The molecule has 6 heteroatoms. The third-order valence-electron chi connectivity index (χ3n) is 2.71. The molecule has 0 unspecified atom stereocenters. The van der Waals surface area contributed by atoms with Crippen LogP contribution in [0.5, 0.6) is 0 Å². The molecule has 19 heavy (non-hydrogen) atoms. The molecule has 1 amide bonds. The van der Waals surface area contributed by atoms with Crippen molar-refractivity contribution in [2.45, 2.75) is 26.7 Å². The fraction of sp³-hybridized carbons (Fsp3) is 0.385. The van der Waals surface area contributed by atoms with Crippen molar-refractivity contribution in [1.29, 1.82) is 0 Å². The maximum atomic E-state index is 11.9. The summed E-state index contributed by atoms with van der Waals surface area (Å²) in [6, 6.07) is 5.61. The molecule has 2 aromatic rings. The first-order valence-electron chi connectivity index (χ1n) is 6.26. The summed E-state index contributed by atoms with van der Waals surface area (Å²) in [6.07, 6.45) is 3.57. The van der Waals surface area contributed by atoms with Crippen molar-refractivity contribution < 1.29 is 4.79 Å². The zero-order valence-electron chi connectivity index (χ0n) is 11.0. The monoisotopic (exact) mass is 276 g/mol. The molecule has 2 rings (SSSR count). The van der Waals surface area contributed by atoms with E-state index >= 15 is 0 Å². The summed E-state index contributed by atoms with van der Waals surface area (Å²) in [6.45, 7) is 3.98. The highest BCUT2D eigenvalue weighted by atomic mass is 32.1. The molecule has 0 saturated carbocycles. The van der Waals surface area contributed by atoms with Crippen LogP contribution in [0.1, 0.15) is 26.7 Å². The van der Waals surface area contributed by atoms with Crippen LogP contribution in [-0.2, 0) is 4.79 Å². The van der Waals surface area contributed by atoms with Gasteiger partial charge in [-0.2, -0.15) is 0 Å². The smallest absolute Gasteiger partial charge is 0.229 e. The summed E-state index contributed by atoms with van der Waals surface area (Å²) >= 11 is 1.33. The van der Waals surface area contributed by atoms with Gasteiger partial charge in [-0.25, -0.2) is 0 Å². The second kappa shape index (κ2) is 6.38. The number of pyridine rings is 1. The summed E-state index contributed by atoms with van der Waals surface area (Å²) in [7, 11) is 0. The zero-order chi connectivity index (χ0) is 13.7. The van der Waals surface area contributed by atoms with E-state index in [0.29, 0.717) is 10.1 Å². The Morgan fingerprint density at radius 2 is 2.26 bits per heavy atom. The van der Waals surface area contributed by atoms with Crippen LogP contribution in [0.2, 0.25) is 0 Å². The minimum absolute atomic E-state index is 0.00722. The van der Waals surface area contributed by atoms with Crippen molar-refractivity contribution >= 4 is 22.4 Å². The molecule has 100 valence electrons. The molecule has 0 aliphatic rings. The van der Waals surface area contributed by atoms with Gasteiger partial charge >= 0.3 is 0 Å². The number of amides is 1. The summed E-state index contributed by atoms with van der Waals surface area (Å²) in [5.74, 6) is -0.0160. The van der Waals surface area contributed by atoms with E-state index in [1.54, 1.807) is 6.20 Å². The van der Waals surface area contributed by atoms with Crippen molar-refractivity contribution in [3.8, 4) is 10.7 Å². The van der Waals surface area contributed by atoms with E-state index in [0.717, 1.165) is 18.5 Å². The van der Waals surface area contributed by atoms with Crippen LogP contribution in [0, 0.1) is 5.92 Å². The Hall–Kier alpha value is -1.82. The van der Waals surface area contributed by atoms with Crippen molar-refractivity contribution in [2.75, 3.05) is 5.32 Å². The average molecular weight is 276 g/mol. The van der Waals surface area contributed by atoms with Gasteiger partial charge in [0.25, 0.3) is 0 Å². The Morgan fingerprint density at radius 3 is 2.95 bits per heavy atom. The van der Waals surface area contributed by atoms with Gasteiger partial charge < -0.3 is 5.32 Å². The van der Waals surface area contributed by atoms with Gasteiger partial charge in [-0.15, -0.1) is 10.2 Å². The number of hydrogen-bond donors (Lipinski definition) is 1. The Kier molecular flexibility index (Phi) is 4.57. The molecule has 0 bridgehead atoms. The van der Waals surface area contributed by atoms with Crippen LogP contribution in [0.3, 0.4) is 0 Å². The molecular formula is C13H16N4OS. The molecule has 5 nitrogen and oxygen atoms in total. The number of carbonyl (C=O) groups is 1. The number of nitrogens with one attached hydrogen (secondary N) is 1. The maximum Gasteiger partial charge on any atom is 0.229 e. The molecule has 1 N–H and O–H groups in total. The van der Waals surface area contributed by atoms with Crippen LogP contribution < -0.4 is 5.32 Å². The number of hydrogen-bond acceptors (Lipinski definition) is 5. The Morgan fingerprint density at radius 1 is 1.42 bits per heavy atom. The number of anilines is 1. The first kappa shape index (κ1) is 13.6. The van der Waals surface area contributed by atoms with Gasteiger partial charge in [-0.1, -0.05) is 37.7 Å². The number of aromatic nitrogens is 3. The lowest BCUT2D eigenvalue weighted by atomic mass is 10.1. The van der Waals surface area contributed by atoms with Gasteiger partial charge in [0.2, 0.25) is 11.0 Å². The van der Waals surface area contributed by atoms with Crippen molar-refractivity contribution in [3.63, 3.8) is 0 Å². The molecule has 0 spiro atoms. The first-order valence-corrected chi connectivity index (χ1v) is 7.08. The predicted molar refractivity (Wildman–Crippen MR) is 75.8 cm³/mol. The van der Waals surface area contributed by atoms with Gasteiger partial charge in [0, 0.05) is 12.1 Å². The average Bonchev–Trinajstić information content (AvgIpc) is 2.88. The highest BCUT2D eigenvalue weighted by Crippen LogP contribution is 2.24. The lowest BCUT2D eigenvalue weighted by molar-refractivity contribution is -0.119. The number of carbonyl (C=O) groups excluding carboxylic acids is 1. The minimum atomic E-state index is -0.00873. The molecule has 2 aromatic heterocycles. The van der Waals surface area contributed by atoms with Crippen molar-refractivity contribution in [1.82, 2.24) is 15.2 Å².